The lowest BCUT2D eigenvalue weighted by Gasteiger charge is -2.07. The second-order valence-corrected chi connectivity index (χ2v) is 4.86. The standard InChI is InChI=1S/C17H14ClNO2/c1-12(20)15(11-13-7-5-6-10-16(13)18)17(21)19-14-8-3-2-4-9-14/h2-11H,1H3,(H,19,21)/b15-11+. The van der Waals surface area contributed by atoms with E-state index in [1.165, 1.54) is 13.0 Å². The maximum atomic E-state index is 12.2. The lowest BCUT2D eigenvalue weighted by molar-refractivity contribution is -0.118. The predicted molar refractivity (Wildman–Crippen MR) is 85.2 cm³/mol. The minimum atomic E-state index is -0.450. The SMILES string of the molecule is CC(=O)/C(=C\c1ccccc1Cl)C(=O)Nc1ccccc1. The lowest BCUT2D eigenvalue weighted by Crippen LogP contribution is -2.18. The fraction of sp³-hybridized carbons (Fsp3) is 0.0588. The average molecular weight is 300 g/mol. The fourth-order valence-electron chi connectivity index (χ4n) is 1.79. The number of anilines is 1. The third-order valence-corrected chi connectivity index (χ3v) is 3.20. The zero-order chi connectivity index (χ0) is 15.2. The van der Waals surface area contributed by atoms with Crippen molar-refractivity contribution in [3.63, 3.8) is 0 Å². The van der Waals surface area contributed by atoms with Crippen molar-refractivity contribution in [3.8, 4) is 0 Å². The zero-order valence-electron chi connectivity index (χ0n) is 11.5. The smallest absolute Gasteiger partial charge is 0.259 e. The molecule has 0 heterocycles. The highest BCUT2D eigenvalue weighted by atomic mass is 35.5. The van der Waals surface area contributed by atoms with Crippen molar-refractivity contribution in [2.75, 3.05) is 5.32 Å². The van der Waals surface area contributed by atoms with Gasteiger partial charge < -0.3 is 5.32 Å². The van der Waals surface area contributed by atoms with Crippen LogP contribution in [0.5, 0.6) is 0 Å². The first-order valence-corrected chi connectivity index (χ1v) is 6.79. The molecular formula is C17H14ClNO2. The number of amides is 1. The van der Waals surface area contributed by atoms with E-state index in [2.05, 4.69) is 5.32 Å². The minimum Gasteiger partial charge on any atom is -0.322 e. The molecule has 0 bridgehead atoms. The number of benzene rings is 2. The quantitative estimate of drug-likeness (QED) is 0.528. The molecule has 0 aliphatic heterocycles. The molecule has 1 N–H and O–H groups in total. The number of nitrogens with one attached hydrogen (secondary N) is 1. The van der Waals surface area contributed by atoms with Crippen LogP contribution in [0.3, 0.4) is 0 Å². The third-order valence-electron chi connectivity index (χ3n) is 2.86. The molecule has 3 nitrogen and oxygen atoms in total. The molecule has 106 valence electrons. The number of rotatable bonds is 4. The van der Waals surface area contributed by atoms with Gasteiger partial charge in [0.2, 0.25) is 0 Å². The topological polar surface area (TPSA) is 46.2 Å². The molecule has 4 heteroatoms. The van der Waals surface area contributed by atoms with Gasteiger partial charge in [0.15, 0.2) is 5.78 Å². The summed E-state index contributed by atoms with van der Waals surface area (Å²) in [6.45, 7) is 1.35. The molecule has 0 unspecified atom stereocenters. The maximum absolute atomic E-state index is 12.2. The summed E-state index contributed by atoms with van der Waals surface area (Å²) < 4.78 is 0. The molecule has 0 aliphatic carbocycles. The molecule has 0 spiro atoms. The van der Waals surface area contributed by atoms with Gasteiger partial charge in [-0.25, -0.2) is 0 Å². The molecule has 0 saturated carbocycles. The van der Waals surface area contributed by atoms with Crippen LogP contribution in [0.15, 0.2) is 60.2 Å². The summed E-state index contributed by atoms with van der Waals surface area (Å²) in [7, 11) is 0. The molecule has 21 heavy (non-hydrogen) atoms. The molecule has 2 aromatic carbocycles. The predicted octanol–water partition coefficient (Wildman–Crippen LogP) is 3.95. The highest BCUT2D eigenvalue weighted by molar-refractivity contribution is 6.33. The van der Waals surface area contributed by atoms with Gasteiger partial charge in [-0.1, -0.05) is 48.0 Å². The lowest BCUT2D eigenvalue weighted by atomic mass is 10.1. The Balaban J connectivity index is 2.29. The monoisotopic (exact) mass is 299 g/mol. The summed E-state index contributed by atoms with van der Waals surface area (Å²) in [5.74, 6) is -0.767. The number of hydrogen-bond donors (Lipinski definition) is 1. The van der Waals surface area contributed by atoms with Crippen molar-refractivity contribution < 1.29 is 9.59 Å². The van der Waals surface area contributed by atoms with Crippen LogP contribution in [0.25, 0.3) is 6.08 Å². The zero-order valence-corrected chi connectivity index (χ0v) is 12.2. The van der Waals surface area contributed by atoms with Crippen molar-refractivity contribution in [2.45, 2.75) is 6.92 Å². The molecular weight excluding hydrogens is 286 g/mol. The van der Waals surface area contributed by atoms with Gasteiger partial charge in [0.1, 0.15) is 0 Å². The highest BCUT2D eigenvalue weighted by Gasteiger charge is 2.15. The number of carbonyl (C=O) groups excluding carboxylic acids is 2. The summed E-state index contributed by atoms with van der Waals surface area (Å²) in [5, 5.41) is 3.18. The van der Waals surface area contributed by atoms with Crippen molar-refractivity contribution >= 4 is 35.1 Å². The van der Waals surface area contributed by atoms with Crippen LogP contribution in [-0.4, -0.2) is 11.7 Å². The van der Waals surface area contributed by atoms with Crippen LogP contribution in [0.4, 0.5) is 5.69 Å². The number of para-hydroxylation sites is 1. The summed E-state index contributed by atoms with van der Waals surface area (Å²) >= 11 is 6.05. The summed E-state index contributed by atoms with van der Waals surface area (Å²) in [6, 6.07) is 16.0. The first-order chi connectivity index (χ1) is 10.1. The Morgan fingerprint density at radius 1 is 1.00 bits per heavy atom. The van der Waals surface area contributed by atoms with Gasteiger partial charge in [0.05, 0.1) is 5.57 Å². The van der Waals surface area contributed by atoms with Gasteiger partial charge in [-0.2, -0.15) is 0 Å². The first kappa shape index (κ1) is 15.0. The Labute approximate surface area is 128 Å². The van der Waals surface area contributed by atoms with Gasteiger partial charge in [0, 0.05) is 10.7 Å². The third kappa shape index (κ3) is 4.04. The van der Waals surface area contributed by atoms with E-state index >= 15 is 0 Å². The van der Waals surface area contributed by atoms with Crippen LogP contribution < -0.4 is 5.32 Å². The van der Waals surface area contributed by atoms with Crippen LogP contribution in [-0.2, 0) is 9.59 Å². The van der Waals surface area contributed by atoms with Gasteiger partial charge in [-0.05, 0) is 36.8 Å². The van der Waals surface area contributed by atoms with Crippen LogP contribution in [0.1, 0.15) is 12.5 Å². The summed E-state index contributed by atoms with van der Waals surface area (Å²) in [4.78, 5) is 23.9. The van der Waals surface area contributed by atoms with Gasteiger partial charge >= 0.3 is 0 Å². The second kappa shape index (κ2) is 6.86. The minimum absolute atomic E-state index is 0.0620. The van der Waals surface area contributed by atoms with Crippen molar-refractivity contribution in [2.24, 2.45) is 0 Å². The van der Waals surface area contributed by atoms with Crippen molar-refractivity contribution in [1.29, 1.82) is 0 Å². The Bertz CT molecular complexity index is 693. The summed E-state index contributed by atoms with van der Waals surface area (Å²) in [5.41, 5.74) is 1.33. The molecule has 0 aliphatic rings. The molecule has 2 rings (SSSR count). The largest absolute Gasteiger partial charge is 0.322 e. The Morgan fingerprint density at radius 2 is 1.62 bits per heavy atom. The molecule has 0 saturated heterocycles. The Hall–Kier alpha value is -2.39. The van der Waals surface area contributed by atoms with E-state index in [1.54, 1.807) is 48.5 Å². The molecule has 0 radical (unpaired) electrons. The van der Waals surface area contributed by atoms with E-state index in [9.17, 15) is 9.59 Å². The maximum Gasteiger partial charge on any atom is 0.259 e. The van der Waals surface area contributed by atoms with E-state index in [-0.39, 0.29) is 11.4 Å². The van der Waals surface area contributed by atoms with Gasteiger partial charge in [0.25, 0.3) is 5.91 Å². The van der Waals surface area contributed by atoms with E-state index in [0.717, 1.165) is 0 Å². The Kier molecular flexibility index (Phi) is 4.90. The number of carbonyl (C=O) groups is 2. The van der Waals surface area contributed by atoms with Crippen LogP contribution in [0.2, 0.25) is 5.02 Å². The molecule has 0 aromatic heterocycles. The molecule has 2 aromatic rings. The van der Waals surface area contributed by atoms with Gasteiger partial charge in [-0.3, -0.25) is 9.59 Å². The average Bonchev–Trinajstić information content (AvgIpc) is 2.47. The molecule has 0 atom stereocenters. The number of ketones is 1. The summed E-state index contributed by atoms with van der Waals surface area (Å²) in [6.07, 6.45) is 1.50. The molecule has 1 amide bonds. The molecule has 0 fully saturated rings. The van der Waals surface area contributed by atoms with E-state index in [4.69, 9.17) is 11.6 Å². The van der Waals surface area contributed by atoms with E-state index in [0.29, 0.717) is 16.3 Å². The second-order valence-electron chi connectivity index (χ2n) is 4.46. The van der Waals surface area contributed by atoms with Crippen LogP contribution >= 0.6 is 11.6 Å². The van der Waals surface area contributed by atoms with E-state index in [1.807, 2.05) is 6.07 Å². The number of halogens is 1. The normalized spacial score (nSPS) is 11.0. The fourth-order valence-corrected chi connectivity index (χ4v) is 1.98. The first-order valence-electron chi connectivity index (χ1n) is 6.41. The van der Waals surface area contributed by atoms with Gasteiger partial charge in [-0.15, -0.1) is 0 Å². The highest BCUT2D eigenvalue weighted by Crippen LogP contribution is 2.19. The Morgan fingerprint density at radius 3 is 2.24 bits per heavy atom. The van der Waals surface area contributed by atoms with E-state index < -0.39 is 5.91 Å². The van der Waals surface area contributed by atoms with Crippen LogP contribution in [0, 0.1) is 0 Å². The number of Topliss-reactive ketones (excluding diaryl/α,β-unsaturated/α-hetero) is 1. The number of hydrogen-bond acceptors (Lipinski definition) is 2. The van der Waals surface area contributed by atoms with Crippen molar-refractivity contribution in [3.05, 3.63) is 70.8 Å². The van der Waals surface area contributed by atoms with Crippen molar-refractivity contribution in [1.82, 2.24) is 0 Å².